The maximum absolute atomic E-state index is 4.58. The molecule has 0 atom stereocenters. The Balaban J connectivity index is 1.59. The van der Waals surface area contributed by atoms with E-state index in [4.69, 9.17) is 0 Å². The number of piperidine rings is 1. The van der Waals surface area contributed by atoms with Crippen molar-refractivity contribution in [3.05, 3.63) is 48.9 Å². The largest absolute Gasteiger partial charge is 0.366 e. The number of nitrogens with zero attached hydrogens (tertiary/aromatic N) is 3. The number of anilines is 1. The van der Waals surface area contributed by atoms with Crippen molar-refractivity contribution in [3.8, 4) is 11.3 Å². The van der Waals surface area contributed by atoms with Crippen LogP contribution < -0.4 is 10.6 Å². The number of fused-ring (bicyclic) bond motifs is 1. The first-order chi connectivity index (χ1) is 11.4. The minimum atomic E-state index is 0.482. The van der Waals surface area contributed by atoms with Crippen LogP contribution in [0.3, 0.4) is 0 Å². The van der Waals surface area contributed by atoms with Crippen LogP contribution in [0.4, 0.5) is 5.82 Å². The minimum Gasteiger partial charge on any atom is -0.366 e. The molecule has 1 aliphatic rings. The molecule has 116 valence electrons. The van der Waals surface area contributed by atoms with E-state index in [1.54, 1.807) is 0 Å². The molecule has 5 nitrogen and oxygen atoms in total. The van der Waals surface area contributed by atoms with Crippen molar-refractivity contribution in [1.29, 1.82) is 0 Å². The van der Waals surface area contributed by atoms with Crippen LogP contribution in [0, 0.1) is 0 Å². The van der Waals surface area contributed by atoms with Crippen LogP contribution in [0.1, 0.15) is 12.8 Å². The normalized spacial score (nSPS) is 15.7. The van der Waals surface area contributed by atoms with Crippen LogP contribution in [0.2, 0.25) is 0 Å². The summed E-state index contributed by atoms with van der Waals surface area (Å²) in [5.74, 6) is 0.842. The molecular formula is C18H19N5. The summed E-state index contributed by atoms with van der Waals surface area (Å²) in [5.41, 5.74) is 2.83. The van der Waals surface area contributed by atoms with Gasteiger partial charge in [-0.25, -0.2) is 4.98 Å². The molecule has 3 heterocycles. The third kappa shape index (κ3) is 3.00. The number of benzene rings is 1. The number of nitrogens with one attached hydrogen (secondary N) is 2. The third-order valence-electron chi connectivity index (χ3n) is 4.25. The van der Waals surface area contributed by atoms with Crippen LogP contribution in [0.25, 0.3) is 22.2 Å². The molecule has 1 aromatic carbocycles. The molecule has 3 aromatic rings. The average molecular weight is 305 g/mol. The van der Waals surface area contributed by atoms with Crippen molar-refractivity contribution < 1.29 is 0 Å². The molecule has 0 aliphatic carbocycles. The smallest absolute Gasteiger partial charge is 0.144 e. The van der Waals surface area contributed by atoms with Gasteiger partial charge in [-0.15, -0.1) is 0 Å². The molecule has 0 amide bonds. The summed E-state index contributed by atoms with van der Waals surface area (Å²) in [7, 11) is 0. The summed E-state index contributed by atoms with van der Waals surface area (Å²) in [6.45, 7) is 2.12. The Morgan fingerprint density at radius 3 is 2.65 bits per heavy atom. The lowest BCUT2D eigenvalue weighted by atomic mass is 10.1. The van der Waals surface area contributed by atoms with Crippen molar-refractivity contribution in [2.45, 2.75) is 18.9 Å². The highest BCUT2D eigenvalue weighted by Gasteiger charge is 2.13. The molecular weight excluding hydrogens is 286 g/mol. The second-order valence-electron chi connectivity index (χ2n) is 5.84. The van der Waals surface area contributed by atoms with E-state index in [1.807, 2.05) is 36.8 Å². The first kappa shape index (κ1) is 14.1. The summed E-state index contributed by atoms with van der Waals surface area (Å²) in [6.07, 6.45) is 7.70. The summed E-state index contributed by atoms with van der Waals surface area (Å²) in [4.78, 5) is 13.6. The SMILES string of the molecule is c1cnc2c(-c3cnc(NC4CCNCC4)cn3)cccc2c1. The Kier molecular flexibility index (Phi) is 3.86. The third-order valence-corrected chi connectivity index (χ3v) is 4.25. The predicted molar refractivity (Wildman–Crippen MR) is 92.3 cm³/mol. The lowest BCUT2D eigenvalue weighted by Crippen LogP contribution is -2.35. The van der Waals surface area contributed by atoms with Crippen LogP contribution in [-0.4, -0.2) is 34.1 Å². The van der Waals surface area contributed by atoms with E-state index in [0.29, 0.717) is 6.04 Å². The Morgan fingerprint density at radius 1 is 0.957 bits per heavy atom. The maximum atomic E-state index is 4.58. The zero-order chi connectivity index (χ0) is 15.5. The number of para-hydroxylation sites is 1. The van der Waals surface area contributed by atoms with Gasteiger partial charge in [0, 0.05) is 23.2 Å². The van der Waals surface area contributed by atoms with Crippen LogP contribution in [0.5, 0.6) is 0 Å². The molecule has 0 radical (unpaired) electrons. The monoisotopic (exact) mass is 305 g/mol. The topological polar surface area (TPSA) is 62.7 Å². The highest BCUT2D eigenvalue weighted by atomic mass is 15.0. The molecule has 0 saturated carbocycles. The van der Waals surface area contributed by atoms with Crippen molar-refractivity contribution in [3.63, 3.8) is 0 Å². The predicted octanol–water partition coefficient (Wildman–Crippen LogP) is 2.86. The summed E-state index contributed by atoms with van der Waals surface area (Å²) < 4.78 is 0. The highest BCUT2D eigenvalue weighted by molar-refractivity contribution is 5.92. The molecule has 0 unspecified atom stereocenters. The Bertz CT molecular complexity index is 789. The zero-order valence-corrected chi connectivity index (χ0v) is 12.9. The number of rotatable bonds is 3. The first-order valence-electron chi connectivity index (χ1n) is 8.03. The molecule has 0 spiro atoms. The van der Waals surface area contributed by atoms with Crippen LogP contribution in [-0.2, 0) is 0 Å². The number of aromatic nitrogens is 3. The second-order valence-corrected chi connectivity index (χ2v) is 5.84. The maximum Gasteiger partial charge on any atom is 0.144 e. The Morgan fingerprint density at radius 2 is 1.83 bits per heavy atom. The van der Waals surface area contributed by atoms with Gasteiger partial charge in [0.05, 0.1) is 23.6 Å². The van der Waals surface area contributed by atoms with E-state index in [1.165, 1.54) is 0 Å². The van der Waals surface area contributed by atoms with Gasteiger partial charge in [-0.3, -0.25) is 9.97 Å². The van der Waals surface area contributed by atoms with Gasteiger partial charge >= 0.3 is 0 Å². The molecule has 2 N–H and O–H groups in total. The zero-order valence-electron chi connectivity index (χ0n) is 12.9. The van der Waals surface area contributed by atoms with E-state index < -0.39 is 0 Å². The lowest BCUT2D eigenvalue weighted by Gasteiger charge is -2.23. The van der Waals surface area contributed by atoms with E-state index in [-0.39, 0.29) is 0 Å². The molecule has 2 aromatic heterocycles. The van der Waals surface area contributed by atoms with Gasteiger partial charge in [0.15, 0.2) is 0 Å². The lowest BCUT2D eigenvalue weighted by molar-refractivity contribution is 0.478. The molecule has 4 rings (SSSR count). The number of hydrogen-bond acceptors (Lipinski definition) is 5. The minimum absolute atomic E-state index is 0.482. The summed E-state index contributed by atoms with van der Waals surface area (Å²) in [5, 5.41) is 7.95. The second kappa shape index (κ2) is 6.30. The van der Waals surface area contributed by atoms with Gasteiger partial charge in [-0.05, 0) is 32.0 Å². The fourth-order valence-electron chi connectivity index (χ4n) is 3.03. The van der Waals surface area contributed by atoms with Gasteiger partial charge < -0.3 is 10.6 Å². The fourth-order valence-corrected chi connectivity index (χ4v) is 3.03. The molecule has 5 heteroatoms. The number of hydrogen-bond donors (Lipinski definition) is 2. The van der Waals surface area contributed by atoms with E-state index in [0.717, 1.165) is 53.9 Å². The van der Waals surface area contributed by atoms with Gasteiger partial charge in [-0.2, -0.15) is 0 Å². The van der Waals surface area contributed by atoms with Gasteiger partial charge in [0.2, 0.25) is 0 Å². The fraction of sp³-hybridized carbons (Fsp3) is 0.278. The molecule has 1 saturated heterocycles. The van der Waals surface area contributed by atoms with Crippen molar-refractivity contribution in [1.82, 2.24) is 20.3 Å². The average Bonchev–Trinajstić information content (AvgIpc) is 2.63. The van der Waals surface area contributed by atoms with Crippen molar-refractivity contribution in [2.75, 3.05) is 18.4 Å². The van der Waals surface area contributed by atoms with Gasteiger partial charge in [0.1, 0.15) is 5.82 Å². The molecule has 1 aliphatic heterocycles. The van der Waals surface area contributed by atoms with Gasteiger partial charge in [-0.1, -0.05) is 24.3 Å². The van der Waals surface area contributed by atoms with E-state index >= 15 is 0 Å². The van der Waals surface area contributed by atoms with Crippen LogP contribution >= 0.6 is 0 Å². The molecule has 0 bridgehead atoms. The first-order valence-corrected chi connectivity index (χ1v) is 8.03. The molecule has 1 fully saturated rings. The van der Waals surface area contributed by atoms with E-state index in [9.17, 15) is 0 Å². The van der Waals surface area contributed by atoms with Crippen LogP contribution in [0.15, 0.2) is 48.9 Å². The Labute approximate surface area is 135 Å². The van der Waals surface area contributed by atoms with Crippen molar-refractivity contribution >= 4 is 16.7 Å². The van der Waals surface area contributed by atoms with Gasteiger partial charge in [0.25, 0.3) is 0 Å². The standard InChI is InChI=1S/C18H19N5/c1-3-13-4-2-8-20-18(13)15(5-1)16-11-22-17(12-21-16)23-14-6-9-19-10-7-14/h1-5,8,11-12,14,19H,6-7,9-10H2,(H,22,23). The van der Waals surface area contributed by atoms with E-state index in [2.05, 4.69) is 37.7 Å². The number of pyridine rings is 1. The molecule has 23 heavy (non-hydrogen) atoms. The van der Waals surface area contributed by atoms with Crippen molar-refractivity contribution in [2.24, 2.45) is 0 Å². The summed E-state index contributed by atoms with van der Waals surface area (Å²) >= 11 is 0. The Hall–Kier alpha value is -2.53. The highest BCUT2D eigenvalue weighted by Crippen LogP contribution is 2.25. The quantitative estimate of drug-likeness (QED) is 0.779. The summed E-state index contributed by atoms with van der Waals surface area (Å²) in [6, 6.07) is 10.6.